The van der Waals surface area contributed by atoms with Gasteiger partial charge in [0.25, 0.3) is 0 Å². The summed E-state index contributed by atoms with van der Waals surface area (Å²) in [5.74, 6) is 0.659. The Morgan fingerprint density at radius 2 is 1.73 bits per heavy atom. The summed E-state index contributed by atoms with van der Waals surface area (Å²) in [6, 6.07) is 16.3. The van der Waals surface area contributed by atoms with Crippen LogP contribution in [0.3, 0.4) is 0 Å². The first-order chi connectivity index (χ1) is 17.9. The summed E-state index contributed by atoms with van der Waals surface area (Å²) in [7, 11) is -0.891. The van der Waals surface area contributed by atoms with E-state index in [4.69, 9.17) is 14.7 Å². The van der Waals surface area contributed by atoms with Gasteiger partial charge in [0.05, 0.1) is 35.6 Å². The molecule has 2 aliphatic heterocycles. The predicted molar refractivity (Wildman–Crippen MR) is 145 cm³/mol. The minimum atomic E-state index is -3.05. The van der Waals surface area contributed by atoms with Crippen LogP contribution < -0.4 is 10.2 Å². The van der Waals surface area contributed by atoms with Gasteiger partial charge in [0.15, 0.2) is 9.84 Å². The number of nitrogens with zero attached hydrogens (tertiary/aromatic N) is 4. The molecule has 0 unspecified atom stereocenters. The lowest BCUT2D eigenvalue weighted by Gasteiger charge is -2.34. The number of benzene rings is 2. The van der Waals surface area contributed by atoms with Crippen molar-refractivity contribution in [1.82, 2.24) is 14.9 Å². The fourth-order valence-corrected chi connectivity index (χ4v) is 6.80. The number of hydrogen-bond donors (Lipinski definition) is 1. The molecular formula is C28H33N5O3S. The summed E-state index contributed by atoms with van der Waals surface area (Å²) in [5, 5.41) is 3.22. The van der Waals surface area contributed by atoms with E-state index in [0.717, 1.165) is 72.8 Å². The van der Waals surface area contributed by atoms with E-state index in [9.17, 15) is 8.42 Å². The van der Waals surface area contributed by atoms with Crippen LogP contribution in [0.2, 0.25) is 0 Å². The normalized spacial score (nSPS) is 18.1. The molecule has 6 rings (SSSR count). The van der Waals surface area contributed by atoms with E-state index in [1.165, 1.54) is 5.69 Å². The van der Waals surface area contributed by atoms with Crippen molar-refractivity contribution in [3.63, 3.8) is 0 Å². The third kappa shape index (κ3) is 5.63. The molecule has 9 heteroatoms. The number of likely N-dealkylation sites (N-methyl/N-ethyl adjacent to an activating group) is 1. The van der Waals surface area contributed by atoms with Crippen LogP contribution >= 0.6 is 0 Å². The molecule has 8 nitrogen and oxygen atoms in total. The second kappa shape index (κ2) is 10.0. The van der Waals surface area contributed by atoms with E-state index in [-0.39, 0.29) is 11.0 Å². The maximum Gasteiger partial charge on any atom is 0.227 e. The lowest BCUT2D eigenvalue weighted by atomic mass is 10.0. The highest BCUT2D eigenvalue weighted by atomic mass is 32.2. The molecule has 3 aromatic rings. The Balaban J connectivity index is 1.19. The van der Waals surface area contributed by atoms with Gasteiger partial charge in [-0.3, -0.25) is 0 Å². The van der Waals surface area contributed by atoms with Crippen LogP contribution in [0, 0.1) is 0 Å². The minimum absolute atomic E-state index is 0.105. The van der Waals surface area contributed by atoms with E-state index in [2.05, 4.69) is 46.4 Å². The molecule has 194 valence electrons. The number of piperazine rings is 1. The van der Waals surface area contributed by atoms with Crippen molar-refractivity contribution in [2.24, 2.45) is 0 Å². The summed E-state index contributed by atoms with van der Waals surface area (Å²) >= 11 is 0. The third-order valence-electron chi connectivity index (χ3n) is 7.42. The number of aromatic nitrogens is 2. The Morgan fingerprint density at radius 1 is 0.973 bits per heavy atom. The lowest BCUT2D eigenvalue weighted by Crippen LogP contribution is -2.44. The van der Waals surface area contributed by atoms with Crippen molar-refractivity contribution < 1.29 is 13.2 Å². The summed E-state index contributed by atoms with van der Waals surface area (Å²) in [4.78, 5) is 14.3. The largest absolute Gasteiger partial charge is 0.370 e. The second-order valence-corrected chi connectivity index (χ2v) is 12.7. The van der Waals surface area contributed by atoms with Gasteiger partial charge in [-0.05, 0) is 55.3 Å². The fourth-order valence-electron chi connectivity index (χ4n) is 5.07. The highest BCUT2D eigenvalue weighted by Gasteiger charge is 2.35. The van der Waals surface area contributed by atoms with Crippen molar-refractivity contribution in [2.75, 3.05) is 43.4 Å². The second-order valence-electron chi connectivity index (χ2n) is 10.4. The van der Waals surface area contributed by atoms with Crippen molar-refractivity contribution in [1.29, 1.82) is 0 Å². The molecule has 1 saturated carbocycles. The molecule has 1 saturated heterocycles. The van der Waals surface area contributed by atoms with Crippen LogP contribution in [0.1, 0.15) is 40.9 Å². The average Bonchev–Trinajstić information content (AvgIpc) is 3.64. The minimum Gasteiger partial charge on any atom is -0.370 e. The smallest absolute Gasteiger partial charge is 0.227 e. The molecule has 1 aliphatic carbocycles. The molecule has 0 amide bonds. The van der Waals surface area contributed by atoms with Crippen molar-refractivity contribution in [3.05, 3.63) is 76.6 Å². The van der Waals surface area contributed by atoms with E-state index in [1.54, 1.807) is 0 Å². The molecule has 37 heavy (non-hydrogen) atoms. The number of fused-ring (bicyclic) bond motifs is 1. The van der Waals surface area contributed by atoms with E-state index in [0.29, 0.717) is 25.6 Å². The van der Waals surface area contributed by atoms with Gasteiger partial charge >= 0.3 is 0 Å². The monoisotopic (exact) mass is 519 g/mol. The predicted octanol–water partition coefficient (Wildman–Crippen LogP) is 3.67. The number of rotatable bonds is 8. The van der Waals surface area contributed by atoms with Gasteiger partial charge in [-0.25, -0.2) is 18.4 Å². The first kappa shape index (κ1) is 24.3. The van der Waals surface area contributed by atoms with Gasteiger partial charge in [-0.2, -0.15) is 0 Å². The van der Waals surface area contributed by atoms with Gasteiger partial charge in [-0.1, -0.05) is 24.3 Å². The topological polar surface area (TPSA) is 87.7 Å². The number of sulfone groups is 1. The van der Waals surface area contributed by atoms with Crippen LogP contribution in [0.25, 0.3) is 0 Å². The number of anilines is 3. The molecule has 2 aromatic carbocycles. The number of hydrogen-bond acceptors (Lipinski definition) is 8. The van der Waals surface area contributed by atoms with Crippen LogP contribution in [0.5, 0.6) is 0 Å². The molecule has 3 heterocycles. The van der Waals surface area contributed by atoms with Crippen LogP contribution in [-0.2, 0) is 40.0 Å². The highest BCUT2D eigenvalue weighted by molar-refractivity contribution is 7.91. The molecule has 0 atom stereocenters. The Kier molecular flexibility index (Phi) is 6.60. The average molecular weight is 520 g/mol. The summed E-state index contributed by atoms with van der Waals surface area (Å²) in [5.41, 5.74) is 6.91. The lowest BCUT2D eigenvalue weighted by molar-refractivity contribution is 0.133. The van der Waals surface area contributed by atoms with Crippen molar-refractivity contribution in [3.8, 4) is 0 Å². The van der Waals surface area contributed by atoms with Gasteiger partial charge in [0, 0.05) is 49.5 Å². The number of nitrogens with one attached hydrogen (secondary N) is 1. The summed E-state index contributed by atoms with van der Waals surface area (Å²) < 4.78 is 30.6. The highest BCUT2D eigenvalue weighted by Crippen LogP contribution is 2.31. The molecule has 2 fully saturated rings. The SMILES string of the molecule is CN1CCN(c2ccc(Nc3nc4c(c(Cc5cccc(CS(=O)(=O)C6CC6)c5)n3)COC4)cc2)CC1. The molecular weight excluding hydrogens is 486 g/mol. The molecule has 0 spiro atoms. The summed E-state index contributed by atoms with van der Waals surface area (Å²) in [6.07, 6.45) is 2.19. The van der Waals surface area contributed by atoms with Crippen LogP contribution in [-0.4, -0.2) is 61.8 Å². The zero-order valence-corrected chi connectivity index (χ0v) is 22.0. The Morgan fingerprint density at radius 3 is 2.49 bits per heavy atom. The van der Waals surface area contributed by atoms with E-state index in [1.807, 2.05) is 24.3 Å². The quantitative estimate of drug-likeness (QED) is 0.482. The van der Waals surface area contributed by atoms with Gasteiger partial charge in [0.2, 0.25) is 5.95 Å². The van der Waals surface area contributed by atoms with Gasteiger partial charge in [-0.15, -0.1) is 0 Å². The zero-order valence-electron chi connectivity index (χ0n) is 21.2. The first-order valence-electron chi connectivity index (χ1n) is 13.0. The maximum atomic E-state index is 12.5. The van der Waals surface area contributed by atoms with Crippen molar-refractivity contribution in [2.45, 2.75) is 43.5 Å². The van der Waals surface area contributed by atoms with E-state index >= 15 is 0 Å². The Labute approximate surface area is 218 Å². The van der Waals surface area contributed by atoms with Crippen molar-refractivity contribution >= 4 is 27.2 Å². The van der Waals surface area contributed by atoms with Crippen LogP contribution in [0.4, 0.5) is 17.3 Å². The Bertz CT molecular complexity index is 1380. The summed E-state index contributed by atoms with van der Waals surface area (Å²) in [6.45, 7) is 5.20. The third-order valence-corrected chi connectivity index (χ3v) is 9.64. The Hall–Kier alpha value is -3.01. The van der Waals surface area contributed by atoms with E-state index < -0.39 is 9.84 Å². The van der Waals surface area contributed by atoms with Gasteiger partial charge < -0.3 is 19.9 Å². The maximum absolute atomic E-state index is 12.5. The fraction of sp³-hybridized carbons (Fsp3) is 0.429. The molecule has 0 radical (unpaired) electrons. The number of ether oxygens (including phenoxy) is 1. The first-order valence-corrected chi connectivity index (χ1v) is 14.7. The molecule has 3 aliphatic rings. The van der Waals surface area contributed by atoms with Gasteiger partial charge in [0.1, 0.15) is 0 Å². The van der Waals surface area contributed by atoms with Crippen LogP contribution in [0.15, 0.2) is 48.5 Å². The molecule has 1 N–H and O–H groups in total. The molecule has 0 bridgehead atoms. The molecule has 1 aromatic heterocycles. The zero-order chi connectivity index (χ0) is 25.4. The standard InChI is InChI=1S/C28H33N5O3S/c1-32-11-13-33(14-12-32)23-7-5-22(6-8-23)29-28-30-26(25-17-36-18-27(25)31-28)16-20-3-2-4-21(15-20)19-37(34,35)24-9-10-24/h2-8,15,24H,9-14,16-19H2,1H3,(H,29,30,31).